The van der Waals surface area contributed by atoms with Gasteiger partial charge in [0.05, 0.1) is 27.6 Å². The molecule has 0 saturated heterocycles. The van der Waals surface area contributed by atoms with Gasteiger partial charge in [-0.15, -0.1) is 0 Å². The lowest BCUT2D eigenvalue weighted by molar-refractivity contribution is 0.0694. The van der Waals surface area contributed by atoms with Crippen LogP contribution in [0.5, 0.6) is 0 Å². The Labute approximate surface area is 147 Å². The minimum Gasteiger partial charge on any atom is -0.478 e. The summed E-state index contributed by atoms with van der Waals surface area (Å²) in [6, 6.07) is 0. The van der Waals surface area contributed by atoms with Gasteiger partial charge in [0.15, 0.2) is 0 Å². The van der Waals surface area contributed by atoms with E-state index < -0.39 is 5.97 Å². The van der Waals surface area contributed by atoms with Gasteiger partial charge in [-0.3, -0.25) is 0 Å². The van der Waals surface area contributed by atoms with Gasteiger partial charge >= 0.3 is 5.97 Å². The highest BCUT2D eigenvalue weighted by Crippen LogP contribution is 2.38. The molecule has 0 aliphatic heterocycles. The number of benzene rings is 1. The van der Waals surface area contributed by atoms with E-state index in [2.05, 4.69) is 78.4 Å². The van der Waals surface area contributed by atoms with Crippen molar-refractivity contribution in [2.45, 2.75) is 13.8 Å². The summed E-state index contributed by atoms with van der Waals surface area (Å²) in [7, 11) is 0. The van der Waals surface area contributed by atoms with Crippen molar-refractivity contribution in [2.75, 3.05) is 23.7 Å². The fraction of sp³-hybridized carbons (Fsp3) is 0.364. The first kappa shape index (κ1) is 16.5. The highest BCUT2D eigenvalue weighted by molar-refractivity contribution is 14.1. The molecule has 1 aromatic rings. The van der Waals surface area contributed by atoms with Crippen LogP contribution in [0.25, 0.3) is 0 Å². The van der Waals surface area contributed by atoms with Crippen LogP contribution in [0.4, 0.5) is 11.4 Å². The van der Waals surface area contributed by atoms with Crippen LogP contribution in [0.15, 0.2) is 0 Å². The van der Waals surface area contributed by atoms with E-state index >= 15 is 0 Å². The second kappa shape index (κ2) is 7.31. The molecule has 0 unspecified atom stereocenters. The Morgan fingerprint density at radius 2 is 1.39 bits per heavy atom. The van der Waals surface area contributed by atoms with E-state index in [0.29, 0.717) is 5.56 Å². The molecule has 7 heteroatoms. The molecule has 1 rings (SSSR count). The SMILES string of the molecule is CCNc1c(I)c(NCC)c(I)c(C(=O)O)c1I. The van der Waals surface area contributed by atoms with Gasteiger partial charge in [-0.25, -0.2) is 4.79 Å². The second-order valence-corrected chi connectivity index (χ2v) is 6.67. The third-order valence-corrected chi connectivity index (χ3v) is 5.47. The maximum atomic E-state index is 11.4. The van der Waals surface area contributed by atoms with E-state index in [0.717, 1.165) is 35.2 Å². The van der Waals surface area contributed by atoms with Crippen molar-refractivity contribution in [1.82, 2.24) is 0 Å². The van der Waals surface area contributed by atoms with E-state index in [9.17, 15) is 9.90 Å². The molecule has 0 bridgehead atoms. The quantitative estimate of drug-likeness (QED) is 0.456. The number of hydrogen-bond acceptors (Lipinski definition) is 3. The largest absolute Gasteiger partial charge is 0.478 e. The number of halogens is 3. The van der Waals surface area contributed by atoms with Gasteiger partial charge in [0.1, 0.15) is 0 Å². The molecule has 3 N–H and O–H groups in total. The fourth-order valence-electron chi connectivity index (χ4n) is 1.52. The van der Waals surface area contributed by atoms with E-state index in [1.165, 1.54) is 0 Å². The van der Waals surface area contributed by atoms with Gasteiger partial charge in [0.2, 0.25) is 0 Å². The van der Waals surface area contributed by atoms with Gasteiger partial charge in [-0.1, -0.05) is 0 Å². The molecule has 4 nitrogen and oxygen atoms in total. The first-order chi connectivity index (χ1) is 8.45. The highest BCUT2D eigenvalue weighted by Gasteiger charge is 2.23. The van der Waals surface area contributed by atoms with Crippen LogP contribution in [0, 0.1) is 10.7 Å². The van der Waals surface area contributed by atoms with Gasteiger partial charge < -0.3 is 15.7 Å². The lowest BCUT2D eigenvalue weighted by Crippen LogP contribution is -2.14. The van der Waals surface area contributed by atoms with Crippen LogP contribution in [0.1, 0.15) is 24.2 Å². The first-order valence-corrected chi connectivity index (χ1v) is 8.60. The molecule has 0 aliphatic rings. The summed E-state index contributed by atoms with van der Waals surface area (Å²) in [6.07, 6.45) is 0. The van der Waals surface area contributed by atoms with Crippen molar-refractivity contribution in [3.63, 3.8) is 0 Å². The molecule has 0 spiro atoms. The minimum absolute atomic E-state index is 0.364. The summed E-state index contributed by atoms with van der Waals surface area (Å²) in [5, 5.41) is 15.8. The normalized spacial score (nSPS) is 10.3. The van der Waals surface area contributed by atoms with E-state index in [1.807, 2.05) is 13.8 Å². The number of carbonyl (C=O) groups is 1. The van der Waals surface area contributed by atoms with Crippen molar-refractivity contribution in [2.24, 2.45) is 0 Å². The van der Waals surface area contributed by atoms with Crippen LogP contribution < -0.4 is 10.6 Å². The smallest absolute Gasteiger partial charge is 0.338 e. The van der Waals surface area contributed by atoms with Crippen molar-refractivity contribution >= 4 is 85.1 Å². The number of aromatic carboxylic acids is 1. The van der Waals surface area contributed by atoms with Crippen LogP contribution in [0.2, 0.25) is 0 Å². The summed E-state index contributed by atoms with van der Waals surface area (Å²) in [5.74, 6) is -0.890. The molecule has 0 aromatic heterocycles. The third-order valence-electron chi connectivity index (χ3n) is 2.24. The Bertz CT molecular complexity index is 445. The summed E-state index contributed by atoms with van der Waals surface area (Å²) < 4.78 is 2.56. The maximum Gasteiger partial charge on any atom is 0.338 e. The molecule has 1 aromatic carbocycles. The zero-order valence-electron chi connectivity index (χ0n) is 9.90. The van der Waals surface area contributed by atoms with Crippen molar-refractivity contribution in [1.29, 1.82) is 0 Å². The van der Waals surface area contributed by atoms with E-state index in [4.69, 9.17) is 0 Å². The standard InChI is InChI=1S/C11H13I3N2O2/c1-3-15-9-6(12)5(11(17)18)7(13)10(8(9)14)16-4-2/h15-16H,3-4H2,1-2H3,(H,17,18). The molecule has 0 saturated carbocycles. The second-order valence-electron chi connectivity index (χ2n) is 3.43. The number of carboxylic acids is 1. The monoisotopic (exact) mass is 586 g/mol. The fourth-order valence-corrected chi connectivity index (χ4v) is 5.91. The summed E-state index contributed by atoms with van der Waals surface area (Å²) in [6.45, 7) is 5.52. The third kappa shape index (κ3) is 3.32. The Morgan fingerprint density at radius 1 is 1.00 bits per heavy atom. The molecule has 0 radical (unpaired) electrons. The highest BCUT2D eigenvalue weighted by atomic mass is 127. The molecular weight excluding hydrogens is 573 g/mol. The van der Waals surface area contributed by atoms with Crippen LogP contribution >= 0.6 is 67.8 Å². The number of hydrogen-bond donors (Lipinski definition) is 3. The predicted octanol–water partition coefficient (Wildman–Crippen LogP) is 4.06. The predicted molar refractivity (Wildman–Crippen MR) is 99.9 cm³/mol. The van der Waals surface area contributed by atoms with Crippen LogP contribution in [-0.4, -0.2) is 24.2 Å². The summed E-state index contributed by atoms with van der Waals surface area (Å²) in [4.78, 5) is 11.4. The molecule has 0 aliphatic carbocycles. The Balaban J connectivity index is 3.58. The lowest BCUT2D eigenvalue weighted by Gasteiger charge is -2.18. The molecule has 0 atom stereocenters. The zero-order chi connectivity index (χ0) is 13.9. The van der Waals surface area contributed by atoms with Crippen LogP contribution in [0.3, 0.4) is 0 Å². The first-order valence-electron chi connectivity index (χ1n) is 5.37. The molecule has 100 valence electrons. The zero-order valence-corrected chi connectivity index (χ0v) is 16.4. The summed E-state index contributed by atoms with van der Waals surface area (Å²) >= 11 is 6.44. The van der Waals surface area contributed by atoms with Gasteiger partial charge in [0.25, 0.3) is 0 Å². The topological polar surface area (TPSA) is 61.4 Å². The Morgan fingerprint density at radius 3 is 1.67 bits per heavy atom. The average Bonchev–Trinajstić information content (AvgIpc) is 2.30. The number of rotatable bonds is 5. The Hall–Kier alpha value is 0.480. The molecule has 0 amide bonds. The number of carboxylic acid groups (broad SMARTS) is 1. The maximum absolute atomic E-state index is 11.4. The van der Waals surface area contributed by atoms with Crippen LogP contribution in [-0.2, 0) is 0 Å². The lowest BCUT2D eigenvalue weighted by atomic mass is 10.1. The van der Waals surface area contributed by atoms with Gasteiger partial charge in [-0.05, 0) is 81.6 Å². The average molecular weight is 586 g/mol. The van der Waals surface area contributed by atoms with Gasteiger partial charge in [-0.2, -0.15) is 0 Å². The molecule has 0 heterocycles. The van der Waals surface area contributed by atoms with Crippen molar-refractivity contribution in [3.8, 4) is 0 Å². The molecular formula is C11H13I3N2O2. The van der Waals surface area contributed by atoms with E-state index in [-0.39, 0.29) is 0 Å². The minimum atomic E-state index is -0.890. The molecule has 0 fully saturated rings. The number of anilines is 2. The number of nitrogens with one attached hydrogen (secondary N) is 2. The van der Waals surface area contributed by atoms with Crippen molar-refractivity contribution < 1.29 is 9.90 Å². The Kier molecular flexibility index (Phi) is 6.72. The van der Waals surface area contributed by atoms with Crippen molar-refractivity contribution in [3.05, 3.63) is 16.3 Å². The summed E-state index contributed by atoms with van der Waals surface area (Å²) in [5.41, 5.74) is 2.16. The molecule has 18 heavy (non-hydrogen) atoms. The van der Waals surface area contributed by atoms with Gasteiger partial charge in [0, 0.05) is 13.1 Å². The van der Waals surface area contributed by atoms with E-state index in [1.54, 1.807) is 0 Å².